The Morgan fingerprint density at radius 3 is 2.53 bits per heavy atom. The molecule has 2 aliphatic rings. The lowest BCUT2D eigenvalue weighted by molar-refractivity contribution is 0.0367. The van der Waals surface area contributed by atoms with Crippen LogP contribution in [0.3, 0.4) is 0 Å². The third kappa shape index (κ3) is 5.95. The van der Waals surface area contributed by atoms with Crippen LogP contribution in [0.5, 0.6) is 11.5 Å². The number of anilines is 1. The number of rotatable bonds is 7. The van der Waals surface area contributed by atoms with Crippen LogP contribution in [-0.2, 0) is 11.3 Å². The second-order valence-electron chi connectivity index (χ2n) is 8.87. The summed E-state index contributed by atoms with van der Waals surface area (Å²) in [5.74, 6) is 0.988. The van der Waals surface area contributed by atoms with Crippen molar-refractivity contribution in [1.82, 2.24) is 14.8 Å². The van der Waals surface area contributed by atoms with Gasteiger partial charge >= 0.3 is 0 Å². The monoisotopic (exact) mass is 512 g/mol. The number of pyridine rings is 1. The Hall–Kier alpha value is -3.21. The Morgan fingerprint density at radius 2 is 1.78 bits per heavy atom. The number of ether oxygens (including phenoxy) is 3. The zero-order chi connectivity index (χ0) is 24.9. The third-order valence-corrected chi connectivity index (χ3v) is 6.69. The van der Waals surface area contributed by atoms with Crippen molar-refractivity contribution in [3.8, 4) is 11.5 Å². The van der Waals surface area contributed by atoms with E-state index >= 15 is 0 Å². The van der Waals surface area contributed by atoms with E-state index in [0.29, 0.717) is 59.7 Å². The fourth-order valence-electron chi connectivity index (χ4n) is 4.41. The first-order chi connectivity index (χ1) is 17.5. The molecule has 10 heteroatoms. The quantitative estimate of drug-likeness (QED) is 0.467. The molecule has 36 heavy (non-hydrogen) atoms. The molecular weight excluding hydrogens is 483 g/mol. The van der Waals surface area contributed by atoms with Crippen molar-refractivity contribution in [1.29, 1.82) is 0 Å². The predicted molar refractivity (Wildman–Crippen MR) is 140 cm³/mol. The summed E-state index contributed by atoms with van der Waals surface area (Å²) in [5, 5.41) is 4.52. The maximum Gasteiger partial charge on any atom is 0.253 e. The first kappa shape index (κ1) is 24.5. The van der Waals surface area contributed by atoms with Gasteiger partial charge in [-0.05, 0) is 55.0 Å². The van der Waals surface area contributed by atoms with Gasteiger partial charge in [-0.3, -0.25) is 9.69 Å². The summed E-state index contributed by atoms with van der Waals surface area (Å²) in [6.45, 7) is 6.21. The van der Waals surface area contributed by atoms with Crippen molar-refractivity contribution in [2.75, 3.05) is 57.9 Å². The maximum atomic E-state index is 13.4. The smallest absolute Gasteiger partial charge is 0.253 e. The van der Waals surface area contributed by atoms with E-state index in [2.05, 4.69) is 15.2 Å². The summed E-state index contributed by atoms with van der Waals surface area (Å²) >= 11 is 5.72. The highest BCUT2D eigenvalue weighted by Crippen LogP contribution is 2.33. The van der Waals surface area contributed by atoms with E-state index in [1.165, 1.54) is 12.1 Å². The molecule has 3 aromatic rings. The highest BCUT2D eigenvalue weighted by molar-refractivity contribution is 7.80. The van der Waals surface area contributed by atoms with E-state index in [9.17, 15) is 9.18 Å². The number of hydrogen-bond donors (Lipinski definition) is 2. The Kier molecular flexibility index (Phi) is 7.64. The minimum Gasteiger partial charge on any atom is -0.486 e. The first-order valence-corrected chi connectivity index (χ1v) is 12.5. The lowest BCUT2D eigenvalue weighted by Crippen LogP contribution is -2.40. The van der Waals surface area contributed by atoms with Crippen LogP contribution in [0.25, 0.3) is 10.9 Å². The fraction of sp³-hybridized carbons (Fsp3) is 0.385. The molecule has 2 aromatic carbocycles. The molecule has 0 bridgehead atoms. The van der Waals surface area contributed by atoms with Gasteiger partial charge in [-0.25, -0.2) is 4.39 Å². The highest BCUT2D eigenvalue weighted by atomic mass is 32.1. The van der Waals surface area contributed by atoms with E-state index in [-0.39, 0.29) is 11.4 Å². The van der Waals surface area contributed by atoms with Gasteiger partial charge in [0.05, 0.1) is 25.3 Å². The van der Waals surface area contributed by atoms with Gasteiger partial charge in [-0.15, -0.1) is 0 Å². The number of aromatic amines is 1. The number of thiocarbonyl (C=S) groups is 1. The van der Waals surface area contributed by atoms with Gasteiger partial charge in [0.2, 0.25) is 0 Å². The van der Waals surface area contributed by atoms with Crippen molar-refractivity contribution >= 4 is 33.9 Å². The molecule has 1 fully saturated rings. The van der Waals surface area contributed by atoms with E-state index < -0.39 is 0 Å². The van der Waals surface area contributed by atoms with E-state index in [1.54, 1.807) is 18.2 Å². The zero-order valence-electron chi connectivity index (χ0n) is 19.9. The van der Waals surface area contributed by atoms with Crippen molar-refractivity contribution in [2.24, 2.45) is 0 Å². The molecule has 0 unspecified atom stereocenters. The molecule has 0 aliphatic carbocycles. The molecule has 2 N–H and O–H groups in total. The van der Waals surface area contributed by atoms with Crippen LogP contribution in [0.15, 0.2) is 47.3 Å². The van der Waals surface area contributed by atoms with Gasteiger partial charge in [0.1, 0.15) is 19.0 Å². The standard InChI is InChI=1S/C26H29FN4O4S/c27-20-2-4-21(5-3-20)28-26(36)31(7-1-6-30-8-10-33-11-9-30)17-19-14-18-15-23-24(35-13-12-34-23)16-22(18)29-25(19)32/h2-5,14-16H,1,6-13,17H2,(H,28,36)(H,29,32). The SMILES string of the molecule is O=c1[nH]c2cc3c(cc2cc1CN(CCCN1CCOCC1)C(=S)Nc1ccc(F)cc1)OCCO3. The number of nitrogens with one attached hydrogen (secondary N) is 2. The molecule has 3 heterocycles. The highest BCUT2D eigenvalue weighted by Gasteiger charge is 2.18. The van der Waals surface area contributed by atoms with E-state index in [1.807, 2.05) is 17.0 Å². The molecule has 0 atom stereocenters. The van der Waals surface area contributed by atoms with Crippen molar-refractivity contribution in [3.05, 3.63) is 64.2 Å². The Balaban J connectivity index is 1.35. The molecule has 0 saturated carbocycles. The molecule has 0 spiro atoms. The summed E-state index contributed by atoms with van der Waals surface area (Å²) in [7, 11) is 0. The molecule has 190 valence electrons. The van der Waals surface area contributed by atoms with Crippen LogP contribution in [0, 0.1) is 5.82 Å². The van der Waals surface area contributed by atoms with Gasteiger partial charge in [0.25, 0.3) is 5.56 Å². The summed E-state index contributed by atoms with van der Waals surface area (Å²) in [6.07, 6.45) is 0.870. The lowest BCUT2D eigenvalue weighted by Gasteiger charge is -2.29. The van der Waals surface area contributed by atoms with Gasteiger partial charge in [-0.2, -0.15) is 0 Å². The van der Waals surface area contributed by atoms with Crippen LogP contribution in [0.4, 0.5) is 10.1 Å². The van der Waals surface area contributed by atoms with Gasteiger partial charge in [-0.1, -0.05) is 0 Å². The van der Waals surface area contributed by atoms with Crippen molar-refractivity contribution < 1.29 is 18.6 Å². The Bertz CT molecular complexity index is 1280. The van der Waals surface area contributed by atoms with Crippen molar-refractivity contribution in [2.45, 2.75) is 13.0 Å². The number of hydrogen-bond acceptors (Lipinski definition) is 6. The van der Waals surface area contributed by atoms with Gasteiger partial charge in [0.15, 0.2) is 16.6 Å². The second kappa shape index (κ2) is 11.2. The minimum atomic E-state index is -0.312. The molecule has 8 nitrogen and oxygen atoms in total. The number of benzene rings is 2. The molecular formula is C26H29FN4O4S. The number of fused-ring (bicyclic) bond motifs is 2. The molecule has 2 aliphatic heterocycles. The minimum absolute atomic E-state index is 0.179. The zero-order valence-corrected chi connectivity index (χ0v) is 20.7. The molecule has 1 aromatic heterocycles. The van der Waals surface area contributed by atoms with E-state index in [0.717, 1.165) is 44.7 Å². The van der Waals surface area contributed by atoms with Crippen LogP contribution >= 0.6 is 12.2 Å². The number of aromatic nitrogens is 1. The average Bonchev–Trinajstić information content (AvgIpc) is 2.89. The molecule has 0 amide bonds. The lowest BCUT2D eigenvalue weighted by atomic mass is 10.1. The number of H-pyrrole nitrogens is 1. The Labute approximate surface area is 213 Å². The number of morpholine rings is 1. The van der Waals surface area contributed by atoms with Gasteiger partial charge < -0.3 is 29.4 Å². The normalized spacial score (nSPS) is 15.6. The molecule has 0 radical (unpaired) electrons. The van der Waals surface area contributed by atoms with Crippen LogP contribution < -0.4 is 20.3 Å². The molecule has 5 rings (SSSR count). The summed E-state index contributed by atoms with van der Waals surface area (Å²) in [6, 6.07) is 11.6. The fourth-order valence-corrected chi connectivity index (χ4v) is 4.68. The number of halogens is 1. The second-order valence-corrected chi connectivity index (χ2v) is 9.26. The largest absolute Gasteiger partial charge is 0.486 e. The van der Waals surface area contributed by atoms with Crippen LogP contribution in [0.2, 0.25) is 0 Å². The average molecular weight is 513 g/mol. The third-order valence-electron chi connectivity index (χ3n) is 6.33. The van der Waals surface area contributed by atoms with Crippen molar-refractivity contribution in [3.63, 3.8) is 0 Å². The summed E-state index contributed by atoms with van der Waals surface area (Å²) < 4.78 is 30.1. The van der Waals surface area contributed by atoms with E-state index in [4.69, 9.17) is 26.4 Å². The summed E-state index contributed by atoms with van der Waals surface area (Å²) in [4.78, 5) is 20.3. The van der Waals surface area contributed by atoms with Crippen LogP contribution in [-0.4, -0.2) is 72.5 Å². The first-order valence-electron chi connectivity index (χ1n) is 12.1. The molecule has 1 saturated heterocycles. The topological polar surface area (TPSA) is 79.1 Å². The number of nitrogens with zero attached hydrogens (tertiary/aromatic N) is 2. The summed E-state index contributed by atoms with van der Waals surface area (Å²) in [5.41, 5.74) is 1.80. The van der Waals surface area contributed by atoms with Crippen LogP contribution in [0.1, 0.15) is 12.0 Å². The van der Waals surface area contributed by atoms with Gasteiger partial charge in [0, 0.05) is 48.9 Å². The Morgan fingerprint density at radius 1 is 1.06 bits per heavy atom. The predicted octanol–water partition coefficient (Wildman–Crippen LogP) is 3.36. The maximum absolute atomic E-state index is 13.4.